The Balaban J connectivity index is 2.00. The number of hydrogen-bond donors (Lipinski definition) is 0. The van der Waals surface area contributed by atoms with E-state index in [4.69, 9.17) is 27.9 Å². The quantitative estimate of drug-likeness (QED) is 0.351. The Bertz CT molecular complexity index is 997. The summed E-state index contributed by atoms with van der Waals surface area (Å²) in [5.74, 6) is -0.396. The van der Waals surface area contributed by atoms with E-state index in [0.29, 0.717) is 26.2 Å². The van der Waals surface area contributed by atoms with Gasteiger partial charge in [0.05, 0.1) is 22.7 Å². The molecule has 1 aromatic heterocycles. The topological polar surface area (TPSA) is 38.7 Å². The Morgan fingerprint density at radius 3 is 2.59 bits per heavy atom. The number of methoxy groups -OCH3 is 1. The summed E-state index contributed by atoms with van der Waals surface area (Å²) in [6.07, 6.45) is 2.35. The van der Waals surface area contributed by atoms with E-state index in [1.54, 1.807) is 18.3 Å². The van der Waals surface area contributed by atoms with Crippen LogP contribution in [0.5, 0.6) is 0 Å². The zero-order valence-electron chi connectivity index (χ0n) is 14.8. The van der Waals surface area contributed by atoms with Crippen LogP contribution >= 0.6 is 34.5 Å². The van der Waals surface area contributed by atoms with E-state index < -0.39 is 5.97 Å². The highest BCUT2D eigenvalue weighted by atomic mass is 35.5. The average molecular weight is 418 g/mol. The fourth-order valence-electron chi connectivity index (χ4n) is 2.68. The molecule has 0 atom stereocenters. The van der Waals surface area contributed by atoms with E-state index in [-0.39, 0.29) is 0 Å². The van der Waals surface area contributed by atoms with Crippen molar-refractivity contribution in [3.05, 3.63) is 85.7 Å². The zero-order valence-corrected chi connectivity index (χ0v) is 17.2. The molecular formula is C21H17Cl2NO2S. The van der Waals surface area contributed by atoms with Crippen LogP contribution in [0.25, 0.3) is 0 Å². The summed E-state index contributed by atoms with van der Waals surface area (Å²) < 4.78 is 4.96. The second-order valence-electron chi connectivity index (χ2n) is 5.89. The number of carbonyl (C=O) groups is 1. The summed E-state index contributed by atoms with van der Waals surface area (Å²) >= 11 is 13.8. The van der Waals surface area contributed by atoms with Crippen molar-refractivity contribution < 1.29 is 9.53 Å². The van der Waals surface area contributed by atoms with E-state index >= 15 is 0 Å². The minimum absolute atomic E-state index is 0.396. The fraction of sp³-hybridized carbons (Fsp3) is 0.143. The minimum atomic E-state index is -0.396. The van der Waals surface area contributed by atoms with Gasteiger partial charge in [0.25, 0.3) is 0 Å². The molecule has 0 aliphatic carbocycles. The van der Waals surface area contributed by atoms with Crippen LogP contribution in [0.3, 0.4) is 0 Å². The molecule has 0 saturated carbocycles. The van der Waals surface area contributed by atoms with Crippen LogP contribution in [0.4, 0.5) is 5.00 Å². The van der Waals surface area contributed by atoms with Crippen LogP contribution in [-0.2, 0) is 11.2 Å². The number of nitrogens with zero attached hydrogens (tertiary/aromatic N) is 1. The molecule has 0 amide bonds. The Hall–Kier alpha value is -2.14. The number of halogens is 2. The molecule has 0 N–H and O–H groups in total. The first kappa shape index (κ1) is 19.6. The van der Waals surface area contributed by atoms with Crippen LogP contribution in [-0.4, -0.2) is 19.3 Å². The van der Waals surface area contributed by atoms with Crippen LogP contribution in [0.1, 0.15) is 31.9 Å². The smallest absolute Gasteiger partial charge is 0.341 e. The molecule has 0 unspecified atom stereocenters. The van der Waals surface area contributed by atoms with Gasteiger partial charge >= 0.3 is 5.97 Å². The van der Waals surface area contributed by atoms with Crippen molar-refractivity contribution in [1.29, 1.82) is 0 Å². The second-order valence-corrected chi connectivity index (χ2v) is 7.75. The first-order valence-corrected chi connectivity index (χ1v) is 9.81. The van der Waals surface area contributed by atoms with Gasteiger partial charge in [-0.15, -0.1) is 11.3 Å². The molecule has 27 heavy (non-hydrogen) atoms. The SMILES string of the molecule is COC(=O)c1c(/N=C/c2cccc(Cl)c2Cl)sc(Cc2ccccc2)c1C. The number of hydrogen-bond acceptors (Lipinski definition) is 4. The number of benzene rings is 2. The zero-order chi connectivity index (χ0) is 19.4. The average Bonchev–Trinajstić information content (AvgIpc) is 2.98. The van der Waals surface area contributed by atoms with Gasteiger partial charge in [0.2, 0.25) is 0 Å². The summed E-state index contributed by atoms with van der Waals surface area (Å²) in [4.78, 5) is 17.9. The maximum atomic E-state index is 12.3. The number of ether oxygens (including phenoxy) is 1. The van der Waals surface area contributed by atoms with Crippen molar-refractivity contribution in [3.63, 3.8) is 0 Å². The highest BCUT2D eigenvalue weighted by Crippen LogP contribution is 2.37. The summed E-state index contributed by atoms with van der Waals surface area (Å²) in [6.45, 7) is 1.92. The van der Waals surface area contributed by atoms with E-state index in [9.17, 15) is 4.79 Å². The molecule has 6 heteroatoms. The lowest BCUT2D eigenvalue weighted by molar-refractivity contribution is 0.0601. The largest absolute Gasteiger partial charge is 0.465 e. The molecule has 0 radical (unpaired) electrons. The minimum Gasteiger partial charge on any atom is -0.465 e. The van der Waals surface area contributed by atoms with Crippen molar-refractivity contribution in [2.75, 3.05) is 7.11 Å². The van der Waals surface area contributed by atoms with Crippen molar-refractivity contribution in [2.24, 2.45) is 4.99 Å². The van der Waals surface area contributed by atoms with Gasteiger partial charge in [-0.05, 0) is 24.1 Å². The molecule has 3 rings (SSSR count). The number of thiophene rings is 1. The standard InChI is InChI=1S/C21H17Cl2NO2S/c1-13-17(11-14-7-4-3-5-8-14)27-20(18(13)21(25)26-2)24-12-15-9-6-10-16(22)19(15)23/h3-10,12H,11H2,1-2H3/b24-12+. The van der Waals surface area contributed by atoms with Crippen molar-refractivity contribution >= 4 is 51.7 Å². The molecule has 0 spiro atoms. The highest BCUT2D eigenvalue weighted by molar-refractivity contribution is 7.16. The van der Waals surface area contributed by atoms with Crippen molar-refractivity contribution in [3.8, 4) is 0 Å². The van der Waals surface area contributed by atoms with Crippen LogP contribution in [0, 0.1) is 6.92 Å². The highest BCUT2D eigenvalue weighted by Gasteiger charge is 2.21. The van der Waals surface area contributed by atoms with Gasteiger partial charge < -0.3 is 4.74 Å². The Labute approximate surface area is 172 Å². The molecule has 1 heterocycles. The number of esters is 1. The van der Waals surface area contributed by atoms with Gasteiger partial charge in [0, 0.05) is 23.1 Å². The van der Waals surface area contributed by atoms with Gasteiger partial charge in [0.1, 0.15) is 5.00 Å². The molecule has 0 aliphatic rings. The predicted octanol–water partition coefficient (Wildman–Crippen LogP) is 6.49. The van der Waals surface area contributed by atoms with Crippen LogP contribution < -0.4 is 0 Å². The second kappa shape index (κ2) is 8.70. The molecule has 0 saturated heterocycles. The number of carbonyl (C=O) groups excluding carboxylic acids is 1. The van der Waals surface area contributed by atoms with Gasteiger partial charge in [-0.3, -0.25) is 0 Å². The Morgan fingerprint density at radius 1 is 1.15 bits per heavy atom. The van der Waals surface area contributed by atoms with E-state index in [0.717, 1.165) is 16.9 Å². The maximum Gasteiger partial charge on any atom is 0.341 e. The molecule has 3 aromatic rings. The third-order valence-electron chi connectivity index (χ3n) is 4.13. The molecule has 0 aliphatic heterocycles. The van der Waals surface area contributed by atoms with Gasteiger partial charge in [0.15, 0.2) is 0 Å². The summed E-state index contributed by atoms with van der Waals surface area (Å²) in [5.41, 5.74) is 3.24. The molecule has 0 bridgehead atoms. The number of rotatable bonds is 5. The Kier molecular flexibility index (Phi) is 6.32. The van der Waals surface area contributed by atoms with Crippen LogP contribution in [0.2, 0.25) is 10.0 Å². The first-order chi connectivity index (χ1) is 13.0. The lowest BCUT2D eigenvalue weighted by atomic mass is 10.1. The molecule has 138 valence electrons. The lowest BCUT2D eigenvalue weighted by Gasteiger charge is -2.02. The third-order valence-corrected chi connectivity index (χ3v) is 6.16. The van der Waals surface area contributed by atoms with E-state index in [1.165, 1.54) is 24.0 Å². The lowest BCUT2D eigenvalue weighted by Crippen LogP contribution is -2.02. The van der Waals surface area contributed by atoms with Crippen molar-refractivity contribution in [2.45, 2.75) is 13.3 Å². The number of aliphatic imine (C=N–C) groups is 1. The maximum absolute atomic E-state index is 12.3. The molecule has 0 fully saturated rings. The third kappa shape index (κ3) is 4.41. The monoisotopic (exact) mass is 417 g/mol. The Morgan fingerprint density at radius 2 is 1.89 bits per heavy atom. The molecule has 2 aromatic carbocycles. The van der Waals surface area contributed by atoms with E-state index in [2.05, 4.69) is 17.1 Å². The molecular weight excluding hydrogens is 401 g/mol. The van der Waals surface area contributed by atoms with Gasteiger partial charge in [-0.1, -0.05) is 65.7 Å². The summed E-state index contributed by atoms with van der Waals surface area (Å²) in [5, 5.41) is 1.49. The normalized spacial score (nSPS) is 11.1. The van der Waals surface area contributed by atoms with Gasteiger partial charge in [-0.25, -0.2) is 9.79 Å². The van der Waals surface area contributed by atoms with Gasteiger partial charge in [-0.2, -0.15) is 0 Å². The summed E-state index contributed by atoms with van der Waals surface area (Å²) in [7, 11) is 1.37. The van der Waals surface area contributed by atoms with Crippen molar-refractivity contribution in [1.82, 2.24) is 0 Å². The summed E-state index contributed by atoms with van der Waals surface area (Å²) in [6, 6.07) is 15.4. The molecule has 3 nitrogen and oxygen atoms in total. The van der Waals surface area contributed by atoms with Crippen LogP contribution in [0.15, 0.2) is 53.5 Å². The predicted molar refractivity (Wildman–Crippen MR) is 113 cm³/mol. The van der Waals surface area contributed by atoms with E-state index in [1.807, 2.05) is 31.2 Å². The first-order valence-electron chi connectivity index (χ1n) is 8.23. The fourth-order valence-corrected chi connectivity index (χ4v) is 4.20.